The van der Waals surface area contributed by atoms with Crippen molar-refractivity contribution >= 4 is 39.7 Å². The summed E-state index contributed by atoms with van der Waals surface area (Å²) in [5.41, 5.74) is 1.57. The number of benzene rings is 1. The molecule has 18 heavy (non-hydrogen) atoms. The molecule has 0 spiro atoms. The number of anilines is 2. The zero-order valence-corrected chi connectivity index (χ0v) is 11.8. The van der Waals surface area contributed by atoms with Crippen LogP contribution in [0.2, 0.25) is 4.34 Å². The Balaban J connectivity index is 2.47. The van der Waals surface area contributed by atoms with Crippen LogP contribution in [0.25, 0.3) is 0 Å². The topological polar surface area (TPSA) is 33.2 Å². The summed E-state index contributed by atoms with van der Waals surface area (Å²) in [5, 5.41) is 0.621. The van der Waals surface area contributed by atoms with Crippen molar-refractivity contribution in [1.29, 1.82) is 0 Å². The maximum Gasteiger partial charge on any atom is 0.233 e. The molecular weight excluding hydrogens is 268 g/mol. The van der Waals surface area contributed by atoms with Gasteiger partial charge >= 0.3 is 0 Å². The number of hydrogen-bond acceptors (Lipinski definition) is 3. The number of aryl methyl sites for hydroxylation is 1. The number of hydrogen-bond donors (Lipinski definition) is 0. The van der Waals surface area contributed by atoms with E-state index in [-0.39, 0.29) is 5.91 Å². The largest absolute Gasteiger partial charge is 0.274 e. The van der Waals surface area contributed by atoms with E-state index in [0.29, 0.717) is 15.9 Å². The van der Waals surface area contributed by atoms with Gasteiger partial charge in [0.05, 0.1) is 11.4 Å². The van der Waals surface area contributed by atoms with E-state index >= 15 is 0 Å². The van der Waals surface area contributed by atoms with E-state index < -0.39 is 0 Å². The van der Waals surface area contributed by atoms with E-state index in [1.54, 1.807) is 4.90 Å². The zero-order valence-electron chi connectivity index (χ0n) is 10.2. The number of nitrogens with zero attached hydrogens (tertiary/aromatic N) is 2. The van der Waals surface area contributed by atoms with Gasteiger partial charge < -0.3 is 0 Å². The van der Waals surface area contributed by atoms with Crippen molar-refractivity contribution in [2.24, 2.45) is 0 Å². The minimum absolute atomic E-state index is 0.00613. The molecule has 0 atom stereocenters. The van der Waals surface area contributed by atoms with Gasteiger partial charge in [0.15, 0.2) is 5.13 Å². The van der Waals surface area contributed by atoms with Gasteiger partial charge in [0.25, 0.3) is 0 Å². The lowest BCUT2D eigenvalue weighted by Gasteiger charge is -2.19. The molecule has 0 aliphatic carbocycles. The van der Waals surface area contributed by atoms with Crippen molar-refractivity contribution in [3.05, 3.63) is 40.4 Å². The highest BCUT2D eigenvalue weighted by Gasteiger charge is 2.20. The van der Waals surface area contributed by atoms with Crippen LogP contribution in [0.1, 0.15) is 19.0 Å². The van der Waals surface area contributed by atoms with Crippen molar-refractivity contribution in [3.63, 3.8) is 0 Å². The third-order valence-corrected chi connectivity index (χ3v) is 3.92. The molecular formula is C13H13ClN2OS. The van der Waals surface area contributed by atoms with Crippen LogP contribution in [-0.4, -0.2) is 10.9 Å². The first-order valence-electron chi connectivity index (χ1n) is 5.64. The van der Waals surface area contributed by atoms with E-state index in [1.807, 2.05) is 44.2 Å². The Morgan fingerprint density at radius 3 is 2.56 bits per heavy atom. The first-order valence-corrected chi connectivity index (χ1v) is 6.84. The fourth-order valence-corrected chi connectivity index (χ4v) is 2.64. The third-order valence-electron chi connectivity index (χ3n) is 2.49. The summed E-state index contributed by atoms with van der Waals surface area (Å²) in [5.74, 6) is 0.00613. The van der Waals surface area contributed by atoms with Crippen LogP contribution in [0.3, 0.4) is 0 Å². The minimum atomic E-state index is 0.00613. The molecule has 2 aromatic rings. The van der Waals surface area contributed by atoms with Gasteiger partial charge in [-0.3, -0.25) is 9.69 Å². The number of amides is 1. The van der Waals surface area contributed by atoms with Crippen LogP contribution < -0.4 is 4.90 Å². The zero-order chi connectivity index (χ0) is 13.1. The Hall–Kier alpha value is -1.39. The summed E-state index contributed by atoms with van der Waals surface area (Å²) < 4.78 is 0.620. The molecule has 0 saturated heterocycles. The average molecular weight is 281 g/mol. The number of para-hydroxylation sites is 1. The highest BCUT2D eigenvalue weighted by atomic mass is 35.5. The van der Waals surface area contributed by atoms with E-state index in [0.717, 1.165) is 11.4 Å². The molecule has 94 valence electrons. The molecule has 0 aliphatic rings. The predicted octanol–water partition coefficient (Wildman–Crippen LogP) is 4.18. The number of rotatable bonds is 3. The molecule has 2 rings (SSSR count). The molecule has 0 bridgehead atoms. The Labute approximate surface area is 115 Å². The summed E-state index contributed by atoms with van der Waals surface area (Å²) in [6, 6.07) is 9.48. The lowest BCUT2D eigenvalue weighted by atomic mass is 10.3. The monoisotopic (exact) mass is 280 g/mol. The number of halogens is 1. The Morgan fingerprint density at radius 1 is 1.39 bits per heavy atom. The predicted molar refractivity (Wildman–Crippen MR) is 75.7 cm³/mol. The maximum atomic E-state index is 12.1. The number of carbonyl (C=O) groups is 1. The third kappa shape index (κ3) is 2.54. The van der Waals surface area contributed by atoms with E-state index in [1.165, 1.54) is 11.3 Å². The van der Waals surface area contributed by atoms with E-state index in [2.05, 4.69) is 4.98 Å². The second-order valence-electron chi connectivity index (χ2n) is 3.77. The minimum Gasteiger partial charge on any atom is -0.274 e. The Bertz CT molecular complexity index is 534. The first kappa shape index (κ1) is 13.1. The number of aromatic nitrogens is 1. The van der Waals surface area contributed by atoms with Gasteiger partial charge in [-0.2, -0.15) is 0 Å². The van der Waals surface area contributed by atoms with Gasteiger partial charge in [-0.25, -0.2) is 4.98 Å². The van der Waals surface area contributed by atoms with Gasteiger partial charge in [-0.15, -0.1) is 0 Å². The standard InChI is InChI=1S/C13H13ClN2OS/c1-3-11(17)16(10-7-5-4-6-8-10)13-15-9(2)12(14)18-13/h4-8H,3H2,1-2H3. The quantitative estimate of drug-likeness (QED) is 0.845. The summed E-state index contributed by atoms with van der Waals surface area (Å²) in [4.78, 5) is 18.0. The van der Waals surface area contributed by atoms with Crippen molar-refractivity contribution < 1.29 is 4.79 Å². The Kier molecular flexibility index (Phi) is 3.99. The van der Waals surface area contributed by atoms with Gasteiger partial charge in [-0.05, 0) is 19.1 Å². The van der Waals surface area contributed by atoms with Crippen LogP contribution in [0.5, 0.6) is 0 Å². The number of carbonyl (C=O) groups excluding carboxylic acids is 1. The average Bonchev–Trinajstić information content (AvgIpc) is 2.70. The second-order valence-corrected chi connectivity index (χ2v) is 5.35. The van der Waals surface area contributed by atoms with Gasteiger partial charge in [0.1, 0.15) is 4.34 Å². The van der Waals surface area contributed by atoms with Crippen LogP contribution in [0.4, 0.5) is 10.8 Å². The smallest absolute Gasteiger partial charge is 0.233 e. The molecule has 3 nitrogen and oxygen atoms in total. The summed E-state index contributed by atoms with van der Waals surface area (Å²) >= 11 is 7.35. The Morgan fingerprint density at radius 2 is 2.06 bits per heavy atom. The fourth-order valence-electron chi connectivity index (χ4n) is 1.56. The van der Waals surface area contributed by atoms with E-state index in [9.17, 15) is 4.79 Å². The highest BCUT2D eigenvalue weighted by Crippen LogP contribution is 2.34. The number of thiazole rings is 1. The summed E-state index contributed by atoms with van der Waals surface area (Å²) in [7, 11) is 0. The molecule has 0 radical (unpaired) electrons. The first-order chi connectivity index (χ1) is 8.63. The van der Waals surface area contributed by atoms with Crippen LogP contribution in [-0.2, 0) is 4.79 Å². The molecule has 1 heterocycles. The molecule has 1 amide bonds. The van der Waals surface area contributed by atoms with Crippen molar-refractivity contribution in [3.8, 4) is 0 Å². The van der Waals surface area contributed by atoms with Crippen molar-refractivity contribution in [2.45, 2.75) is 20.3 Å². The SMILES string of the molecule is CCC(=O)N(c1ccccc1)c1nc(C)c(Cl)s1. The highest BCUT2D eigenvalue weighted by molar-refractivity contribution is 7.19. The lowest BCUT2D eigenvalue weighted by molar-refractivity contribution is -0.117. The fraction of sp³-hybridized carbons (Fsp3) is 0.231. The second kappa shape index (κ2) is 5.50. The van der Waals surface area contributed by atoms with Gasteiger partial charge in [0.2, 0.25) is 5.91 Å². The summed E-state index contributed by atoms with van der Waals surface area (Å²) in [6.45, 7) is 3.67. The van der Waals surface area contributed by atoms with Crippen molar-refractivity contribution in [1.82, 2.24) is 4.98 Å². The summed E-state index contributed by atoms with van der Waals surface area (Å²) in [6.07, 6.45) is 0.422. The molecule has 1 aromatic heterocycles. The lowest BCUT2D eigenvalue weighted by Crippen LogP contribution is -2.24. The molecule has 0 N–H and O–H groups in total. The van der Waals surface area contributed by atoms with E-state index in [4.69, 9.17) is 11.6 Å². The normalized spacial score (nSPS) is 10.4. The molecule has 0 aliphatic heterocycles. The van der Waals surface area contributed by atoms with Crippen molar-refractivity contribution in [2.75, 3.05) is 4.90 Å². The molecule has 0 fully saturated rings. The molecule has 0 saturated carbocycles. The molecule has 0 unspecified atom stereocenters. The van der Waals surface area contributed by atoms with Crippen LogP contribution in [0, 0.1) is 6.92 Å². The molecule has 5 heteroatoms. The molecule has 1 aromatic carbocycles. The van der Waals surface area contributed by atoms with Gasteiger partial charge in [0, 0.05) is 6.42 Å². The maximum absolute atomic E-state index is 12.1. The van der Waals surface area contributed by atoms with Crippen LogP contribution in [0.15, 0.2) is 30.3 Å². The van der Waals surface area contributed by atoms with Crippen LogP contribution >= 0.6 is 22.9 Å². The van der Waals surface area contributed by atoms with Gasteiger partial charge in [-0.1, -0.05) is 48.1 Å².